The Hall–Kier alpha value is -2.99. The summed E-state index contributed by atoms with van der Waals surface area (Å²) < 4.78 is 28.7. The van der Waals surface area contributed by atoms with Crippen molar-refractivity contribution >= 4 is 50.2 Å². The highest BCUT2D eigenvalue weighted by atomic mass is 79.9. The van der Waals surface area contributed by atoms with E-state index in [-0.39, 0.29) is 59.0 Å². The van der Waals surface area contributed by atoms with Gasteiger partial charge in [-0.25, -0.2) is 13.2 Å². The third-order valence-corrected chi connectivity index (χ3v) is 7.42. The van der Waals surface area contributed by atoms with E-state index in [2.05, 4.69) is 0 Å². The summed E-state index contributed by atoms with van der Waals surface area (Å²) in [4.78, 5) is 38.2. The predicted octanol–water partition coefficient (Wildman–Crippen LogP) is -0.119. The van der Waals surface area contributed by atoms with Gasteiger partial charge in [-0.3, -0.25) is 9.36 Å². The minimum atomic E-state index is -4.61. The monoisotopic (exact) mass is 599 g/mol. The number of hydrogen-bond donors (Lipinski definition) is 1. The van der Waals surface area contributed by atoms with E-state index < -0.39 is 27.4 Å². The van der Waals surface area contributed by atoms with Crippen LogP contribution < -0.4 is 32.8 Å². The van der Waals surface area contributed by atoms with Crippen LogP contribution in [-0.4, -0.2) is 28.2 Å². The number of aromatic nitrogens is 3. The normalized spacial score (nSPS) is 11.3. The molecule has 0 saturated carbocycles. The van der Waals surface area contributed by atoms with Crippen LogP contribution in [0.3, 0.4) is 0 Å². The first-order valence-corrected chi connectivity index (χ1v) is 11.9. The summed E-state index contributed by atoms with van der Waals surface area (Å²) in [6.07, 6.45) is 0.00178. The molecule has 0 amide bonds. The first-order chi connectivity index (χ1) is 16.0. The quantitative estimate of drug-likeness (QED) is 0.326. The lowest BCUT2D eigenvalue weighted by Crippen LogP contribution is -3.00. The molecule has 2 heterocycles. The molecule has 4 aromatic rings. The molecule has 0 bridgehead atoms. The summed E-state index contributed by atoms with van der Waals surface area (Å²) in [5.41, 5.74) is -1.43. The van der Waals surface area contributed by atoms with Gasteiger partial charge in [-0.15, -0.1) is 3.97 Å². The lowest BCUT2D eigenvalue weighted by atomic mass is 10.2. The number of carboxylic acid groups (broad SMARTS) is 1. The van der Waals surface area contributed by atoms with Crippen LogP contribution >= 0.6 is 23.2 Å². The summed E-state index contributed by atoms with van der Waals surface area (Å²) in [7, 11) is -4.61. The van der Waals surface area contributed by atoms with Gasteiger partial charge in [0.15, 0.2) is 6.20 Å². The average molecular weight is 601 g/mol. The van der Waals surface area contributed by atoms with Crippen molar-refractivity contribution in [3.8, 4) is 0 Å². The fraction of sp³-hybridized carbons (Fsp3) is 0.0909. The maximum atomic E-state index is 13.5. The predicted molar refractivity (Wildman–Crippen MR) is 125 cm³/mol. The summed E-state index contributed by atoms with van der Waals surface area (Å²) in [6, 6.07) is 12.2. The molecular formula is C22H16BrCl2N3O6S. The molecule has 0 unspecified atom stereocenters. The van der Waals surface area contributed by atoms with E-state index in [4.69, 9.17) is 23.2 Å². The Morgan fingerprint density at radius 3 is 2.29 bits per heavy atom. The van der Waals surface area contributed by atoms with Crippen molar-refractivity contribution in [2.24, 2.45) is 0 Å². The van der Waals surface area contributed by atoms with Gasteiger partial charge in [0.25, 0.3) is 15.6 Å². The van der Waals surface area contributed by atoms with Gasteiger partial charge < -0.3 is 22.1 Å². The second-order valence-electron chi connectivity index (χ2n) is 7.35. The first kappa shape index (κ1) is 26.6. The van der Waals surface area contributed by atoms with Crippen LogP contribution in [0.2, 0.25) is 10.0 Å². The van der Waals surface area contributed by atoms with Gasteiger partial charge in [0.1, 0.15) is 6.54 Å². The highest BCUT2D eigenvalue weighted by Gasteiger charge is 2.28. The second kappa shape index (κ2) is 9.94. The topological polar surface area (TPSA) is 119 Å². The van der Waals surface area contributed by atoms with Gasteiger partial charge in [0.2, 0.25) is 5.69 Å². The van der Waals surface area contributed by atoms with Crippen molar-refractivity contribution in [1.82, 2.24) is 8.54 Å². The maximum Gasteiger partial charge on any atom is 0.599 e. The zero-order valence-electron chi connectivity index (χ0n) is 17.9. The lowest BCUT2D eigenvalue weighted by molar-refractivity contribution is -0.593. The number of halogens is 3. The Labute approximate surface area is 219 Å². The summed E-state index contributed by atoms with van der Waals surface area (Å²) >= 11 is 11.9. The van der Waals surface area contributed by atoms with E-state index in [0.717, 1.165) is 9.13 Å². The van der Waals surface area contributed by atoms with Crippen molar-refractivity contribution in [1.29, 1.82) is 0 Å². The molecule has 0 aliphatic rings. The fourth-order valence-corrected chi connectivity index (χ4v) is 5.18. The third-order valence-electron chi connectivity index (χ3n) is 5.26. The molecule has 182 valence electrons. The van der Waals surface area contributed by atoms with Gasteiger partial charge >= 0.3 is 11.8 Å². The van der Waals surface area contributed by atoms with Gasteiger partial charge in [-0.05, 0) is 55.5 Å². The Morgan fingerprint density at radius 2 is 1.66 bits per heavy atom. The zero-order valence-corrected chi connectivity index (χ0v) is 21.8. The zero-order chi connectivity index (χ0) is 24.8. The number of pyridine rings is 1. The number of benzene rings is 2. The van der Waals surface area contributed by atoms with E-state index in [0.29, 0.717) is 5.56 Å². The van der Waals surface area contributed by atoms with Crippen LogP contribution in [0.25, 0.3) is 10.9 Å². The van der Waals surface area contributed by atoms with E-state index in [1.54, 1.807) is 13.0 Å². The van der Waals surface area contributed by atoms with Gasteiger partial charge in [0, 0.05) is 21.7 Å². The lowest BCUT2D eigenvalue weighted by Gasteiger charge is -2.14. The van der Waals surface area contributed by atoms with Crippen molar-refractivity contribution < 1.29 is 39.9 Å². The molecule has 0 radical (unpaired) electrons. The molecule has 4 rings (SSSR count). The fourth-order valence-electron chi connectivity index (χ4n) is 3.57. The van der Waals surface area contributed by atoms with E-state index >= 15 is 0 Å². The standard InChI is InChI=1S/C22H15Cl2N3O6S.BrH/c1-13-3-2-10-25(22(30)31)19(13)12-26-18-11-15(24)6-9-17(18)20(28)27(21(26)29)34(32,33)16-7-4-14(23)5-8-16;/h2-11H,12H2,1H3;1H. The van der Waals surface area contributed by atoms with Crippen LogP contribution in [0.1, 0.15) is 11.3 Å². The molecule has 0 aliphatic carbocycles. The van der Waals surface area contributed by atoms with E-state index in [1.165, 1.54) is 54.7 Å². The largest absolute Gasteiger partial charge is 1.00 e. The molecule has 13 heteroatoms. The van der Waals surface area contributed by atoms with Gasteiger partial charge in [-0.2, -0.15) is 4.79 Å². The molecule has 1 N–H and O–H groups in total. The minimum absolute atomic E-state index is 0. The number of aryl methyl sites for hydroxylation is 1. The maximum absolute atomic E-state index is 13.5. The molecular weight excluding hydrogens is 585 g/mol. The Kier molecular flexibility index (Phi) is 7.56. The molecule has 0 spiro atoms. The molecule has 0 fully saturated rings. The average Bonchev–Trinajstić information content (AvgIpc) is 2.77. The number of nitrogens with zero attached hydrogens (tertiary/aromatic N) is 3. The Morgan fingerprint density at radius 1 is 1.03 bits per heavy atom. The molecule has 0 saturated heterocycles. The third kappa shape index (κ3) is 4.76. The van der Waals surface area contributed by atoms with Crippen molar-refractivity contribution in [3.63, 3.8) is 0 Å². The van der Waals surface area contributed by atoms with Crippen molar-refractivity contribution in [3.05, 3.63) is 103 Å². The summed E-state index contributed by atoms with van der Waals surface area (Å²) in [6.45, 7) is 1.31. The first-order valence-electron chi connectivity index (χ1n) is 9.72. The Balaban J connectivity index is 0.00000342. The highest BCUT2D eigenvalue weighted by molar-refractivity contribution is 7.90. The van der Waals surface area contributed by atoms with E-state index in [1.807, 2.05) is 0 Å². The minimum Gasteiger partial charge on any atom is -1.00 e. The molecule has 2 aromatic heterocycles. The smallest absolute Gasteiger partial charge is 0.599 e. The second-order valence-corrected chi connectivity index (χ2v) is 10.0. The van der Waals surface area contributed by atoms with Gasteiger partial charge in [0.05, 0.1) is 15.8 Å². The number of hydrogen-bond acceptors (Lipinski definition) is 5. The number of rotatable bonds is 4. The highest BCUT2D eigenvalue weighted by Crippen LogP contribution is 2.19. The molecule has 2 aromatic carbocycles. The molecule has 9 nitrogen and oxygen atoms in total. The van der Waals surface area contributed by atoms with E-state index in [9.17, 15) is 27.9 Å². The Bertz CT molecular complexity index is 1700. The van der Waals surface area contributed by atoms with Gasteiger partial charge in [-0.1, -0.05) is 27.8 Å². The molecule has 0 aliphatic heterocycles. The number of fused-ring (bicyclic) bond motifs is 1. The SMILES string of the molecule is Cc1ccc[n+](C(=O)O)c1Cn1c(=O)n(S(=O)(=O)c2ccc(Cl)cc2)c(=O)c2ccc(Cl)cc21.[Br-]. The van der Waals surface area contributed by atoms with Crippen molar-refractivity contribution in [2.75, 3.05) is 0 Å². The van der Waals surface area contributed by atoms with Crippen molar-refractivity contribution in [2.45, 2.75) is 18.4 Å². The van der Waals surface area contributed by atoms with Crippen LogP contribution in [0, 0.1) is 6.92 Å². The summed E-state index contributed by atoms with van der Waals surface area (Å²) in [5, 5.41) is 9.98. The molecule has 0 atom stereocenters. The summed E-state index contributed by atoms with van der Waals surface area (Å²) in [5.74, 6) is 0. The van der Waals surface area contributed by atoms with Crippen LogP contribution in [-0.2, 0) is 16.6 Å². The van der Waals surface area contributed by atoms with Crippen LogP contribution in [0.15, 0.2) is 75.3 Å². The molecule has 35 heavy (non-hydrogen) atoms. The van der Waals surface area contributed by atoms with Crippen LogP contribution in [0.4, 0.5) is 4.79 Å². The number of carbonyl (C=O) groups is 1. The van der Waals surface area contributed by atoms with Crippen LogP contribution in [0.5, 0.6) is 0 Å².